The average Bonchev–Trinajstić information content (AvgIpc) is 2.97. The number of carbonyl (C=O) groups excluding carboxylic acids is 1. The number of ether oxygens (including phenoxy) is 2. The normalized spacial score (nSPS) is 21.0. The zero-order chi connectivity index (χ0) is 15.5. The van der Waals surface area contributed by atoms with Crippen LogP contribution < -0.4 is 15.8 Å². The summed E-state index contributed by atoms with van der Waals surface area (Å²) in [5.41, 5.74) is 4.82. The molecule has 2 atom stereocenters. The Bertz CT molecular complexity index is 518. The third-order valence-electron chi connectivity index (χ3n) is 3.93. The van der Waals surface area contributed by atoms with E-state index < -0.39 is 17.3 Å². The molecule has 1 amide bonds. The first kappa shape index (κ1) is 15.7. The molecule has 1 heterocycles. The van der Waals surface area contributed by atoms with Gasteiger partial charge in [0, 0.05) is 13.2 Å². The van der Waals surface area contributed by atoms with Crippen molar-refractivity contribution in [2.75, 3.05) is 20.3 Å². The summed E-state index contributed by atoms with van der Waals surface area (Å²) in [6.07, 6.45) is 2.02. The number of hydrogen-bond acceptors (Lipinski definition) is 4. The molecule has 6 heteroatoms. The molecule has 0 aromatic heterocycles. The lowest BCUT2D eigenvalue weighted by atomic mass is 9.90. The number of nitrogens with two attached hydrogens (primary N) is 1. The minimum atomic E-state index is -1.15. The van der Waals surface area contributed by atoms with E-state index in [1.807, 2.05) is 0 Å². The molecule has 0 spiro atoms. The molecule has 0 bridgehead atoms. The highest BCUT2D eigenvalue weighted by molar-refractivity contribution is 5.85. The number of primary amides is 1. The van der Waals surface area contributed by atoms with Gasteiger partial charge in [-0.3, -0.25) is 10.1 Å². The number of halogens is 1. The van der Waals surface area contributed by atoms with Gasteiger partial charge in [-0.05, 0) is 37.5 Å². The zero-order valence-corrected chi connectivity index (χ0v) is 12.3. The van der Waals surface area contributed by atoms with Crippen molar-refractivity contribution < 1.29 is 18.7 Å². The Morgan fingerprint density at radius 1 is 1.62 bits per heavy atom. The van der Waals surface area contributed by atoms with E-state index in [1.165, 1.54) is 19.2 Å². The number of carbonyl (C=O) groups is 1. The lowest BCUT2D eigenvalue weighted by Gasteiger charge is -2.29. The van der Waals surface area contributed by atoms with Gasteiger partial charge in [0.1, 0.15) is 5.54 Å². The van der Waals surface area contributed by atoms with Gasteiger partial charge in [-0.1, -0.05) is 6.07 Å². The predicted octanol–water partition coefficient (Wildman–Crippen LogP) is 1.30. The molecule has 1 aromatic carbocycles. The van der Waals surface area contributed by atoms with Crippen molar-refractivity contribution in [2.45, 2.75) is 31.4 Å². The largest absolute Gasteiger partial charge is 0.494 e. The Hall–Kier alpha value is -1.66. The topological polar surface area (TPSA) is 73.6 Å². The Kier molecular flexibility index (Phi) is 4.80. The van der Waals surface area contributed by atoms with Gasteiger partial charge in [0.05, 0.1) is 13.2 Å². The molecule has 2 unspecified atom stereocenters. The molecule has 1 saturated heterocycles. The Balaban J connectivity index is 2.19. The second kappa shape index (κ2) is 6.41. The van der Waals surface area contributed by atoms with E-state index in [0.29, 0.717) is 12.1 Å². The maximum Gasteiger partial charge on any atom is 0.242 e. The SMILES string of the molecule is COc1ccc(C(C)(NCC2CCCO2)C(N)=O)cc1F. The summed E-state index contributed by atoms with van der Waals surface area (Å²) in [7, 11) is 1.39. The summed E-state index contributed by atoms with van der Waals surface area (Å²) in [5.74, 6) is -0.962. The summed E-state index contributed by atoms with van der Waals surface area (Å²) >= 11 is 0. The van der Waals surface area contributed by atoms with Gasteiger partial charge >= 0.3 is 0 Å². The first-order valence-corrected chi connectivity index (χ1v) is 6.98. The van der Waals surface area contributed by atoms with Crippen molar-refractivity contribution >= 4 is 5.91 Å². The van der Waals surface area contributed by atoms with Crippen molar-refractivity contribution in [1.29, 1.82) is 0 Å². The van der Waals surface area contributed by atoms with Crippen molar-refractivity contribution in [3.8, 4) is 5.75 Å². The maximum absolute atomic E-state index is 13.9. The highest BCUT2D eigenvalue weighted by Crippen LogP contribution is 2.26. The molecule has 21 heavy (non-hydrogen) atoms. The molecule has 3 N–H and O–H groups in total. The lowest BCUT2D eigenvalue weighted by molar-refractivity contribution is -0.124. The second-order valence-corrected chi connectivity index (χ2v) is 5.35. The minimum absolute atomic E-state index is 0.0618. The van der Waals surface area contributed by atoms with Gasteiger partial charge in [-0.2, -0.15) is 0 Å². The standard InChI is InChI=1S/C15H21FN2O3/c1-15(14(17)19,18-9-11-4-3-7-21-11)10-5-6-13(20-2)12(16)8-10/h5-6,8,11,18H,3-4,7,9H2,1-2H3,(H2,17,19). The smallest absolute Gasteiger partial charge is 0.242 e. The summed E-state index contributed by atoms with van der Waals surface area (Å²) in [4.78, 5) is 11.9. The molecule has 116 valence electrons. The molecule has 1 aliphatic rings. The summed E-state index contributed by atoms with van der Waals surface area (Å²) < 4.78 is 24.3. The zero-order valence-electron chi connectivity index (χ0n) is 12.3. The number of methoxy groups -OCH3 is 1. The van der Waals surface area contributed by atoms with E-state index in [0.717, 1.165) is 19.4 Å². The molecule has 1 fully saturated rings. The highest BCUT2D eigenvalue weighted by Gasteiger charge is 2.34. The maximum atomic E-state index is 13.9. The second-order valence-electron chi connectivity index (χ2n) is 5.35. The Morgan fingerprint density at radius 3 is 2.90 bits per heavy atom. The third-order valence-corrected chi connectivity index (χ3v) is 3.93. The molecule has 1 aliphatic heterocycles. The molecule has 5 nitrogen and oxygen atoms in total. The van der Waals surface area contributed by atoms with Crippen molar-refractivity contribution in [3.63, 3.8) is 0 Å². The van der Waals surface area contributed by atoms with Gasteiger partial charge in [0.25, 0.3) is 0 Å². The fraction of sp³-hybridized carbons (Fsp3) is 0.533. The van der Waals surface area contributed by atoms with Crippen LogP contribution in [0.25, 0.3) is 0 Å². The number of rotatable bonds is 6. The van der Waals surface area contributed by atoms with Crippen molar-refractivity contribution in [2.24, 2.45) is 5.73 Å². The van der Waals surface area contributed by atoms with Crippen LogP contribution in [-0.4, -0.2) is 32.3 Å². The van der Waals surface area contributed by atoms with Crippen LogP contribution >= 0.6 is 0 Å². The lowest BCUT2D eigenvalue weighted by Crippen LogP contribution is -2.52. The van der Waals surface area contributed by atoms with Crippen molar-refractivity contribution in [3.05, 3.63) is 29.6 Å². The summed E-state index contributed by atoms with van der Waals surface area (Å²) in [6.45, 7) is 2.87. The van der Waals surface area contributed by atoms with E-state index in [4.69, 9.17) is 15.2 Å². The van der Waals surface area contributed by atoms with E-state index in [1.54, 1.807) is 13.0 Å². The number of amides is 1. The van der Waals surface area contributed by atoms with Gasteiger partial charge < -0.3 is 15.2 Å². The van der Waals surface area contributed by atoms with Crippen LogP contribution in [0.4, 0.5) is 4.39 Å². The van der Waals surface area contributed by atoms with Gasteiger partial charge in [-0.15, -0.1) is 0 Å². The van der Waals surface area contributed by atoms with E-state index in [-0.39, 0.29) is 11.9 Å². The first-order chi connectivity index (χ1) is 9.97. The van der Waals surface area contributed by atoms with Crippen LogP contribution in [0.15, 0.2) is 18.2 Å². The van der Waals surface area contributed by atoms with E-state index in [2.05, 4.69) is 5.32 Å². The van der Waals surface area contributed by atoms with Crippen molar-refractivity contribution in [1.82, 2.24) is 5.32 Å². The fourth-order valence-electron chi connectivity index (χ4n) is 2.43. The molecule has 1 aromatic rings. The summed E-state index contributed by atoms with van der Waals surface area (Å²) in [6, 6.07) is 4.39. The van der Waals surface area contributed by atoms with Gasteiger partial charge in [0.2, 0.25) is 5.91 Å². The van der Waals surface area contributed by atoms with E-state index in [9.17, 15) is 9.18 Å². The number of hydrogen-bond donors (Lipinski definition) is 2. The fourth-order valence-corrected chi connectivity index (χ4v) is 2.43. The average molecular weight is 296 g/mol. The highest BCUT2D eigenvalue weighted by atomic mass is 19.1. The molecular formula is C15H21FN2O3. The van der Waals surface area contributed by atoms with Crippen LogP contribution in [0, 0.1) is 5.82 Å². The number of nitrogens with one attached hydrogen (secondary N) is 1. The molecule has 2 rings (SSSR count). The van der Waals surface area contributed by atoms with Crippen LogP contribution in [0.5, 0.6) is 5.75 Å². The predicted molar refractivity (Wildman–Crippen MR) is 76.5 cm³/mol. The Morgan fingerprint density at radius 2 is 2.38 bits per heavy atom. The quantitative estimate of drug-likeness (QED) is 0.830. The van der Waals surface area contributed by atoms with Gasteiger partial charge in [0.15, 0.2) is 11.6 Å². The minimum Gasteiger partial charge on any atom is -0.494 e. The molecule has 0 radical (unpaired) electrons. The molecule has 0 saturated carbocycles. The first-order valence-electron chi connectivity index (χ1n) is 6.98. The summed E-state index contributed by atoms with van der Waals surface area (Å²) in [5, 5.41) is 3.11. The third kappa shape index (κ3) is 3.33. The van der Waals surface area contributed by atoms with Crippen LogP contribution in [-0.2, 0) is 15.1 Å². The molecule has 0 aliphatic carbocycles. The van der Waals surface area contributed by atoms with E-state index >= 15 is 0 Å². The monoisotopic (exact) mass is 296 g/mol. The van der Waals surface area contributed by atoms with Crippen LogP contribution in [0.2, 0.25) is 0 Å². The number of benzene rings is 1. The Labute approximate surface area is 123 Å². The van der Waals surface area contributed by atoms with Crippen LogP contribution in [0.1, 0.15) is 25.3 Å². The van der Waals surface area contributed by atoms with Crippen LogP contribution in [0.3, 0.4) is 0 Å². The molecular weight excluding hydrogens is 275 g/mol. The van der Waals surface area contributed by atoms with Gasteiger partial charge in [-0.25, -0.2) is 4.39 Å².